The average Bonchev–Trinajstić information content (AvgIpc) is 2.96. The molecule has 2 aromatic rings. The topological polar surface area (TPSA) is 79.3 Å². The van der Waals surface area contributed by atoms with E-state index in [2.05, 4.69) is 15.0 Å². The molecule has 1 atom stereocenters. The number of amides is 2. The summed E-state index contributed by atoms with van der Waals surface area (Å²) in [6.07, 6.45) is 3.92. The lowest BCUT2D eigenvalue weighted by Crippen LogP contribution is -2.33. The number of Topliss-reactive ketones (excluding diaryl/α,β-unsaturated/α-hetero) is 1. The Balaban J connectivity index is 1.39. The summed E-state index contributed by atoms with van der Waals surface area (Å²) in [7, 11) is 0. The van der Waals surface area contributed by atoms with E-state index < -0.39 is 11.8 Å². The van der Waals surface area contributed by atoms with Crippen molar-refractivity contribution in [3.8, 4) is 0 Å². The molecule has 1 saturated heterocycles. The van der Waals surface area contributed by atoms with E-state index >= 15 is 0 Å². The maximum absolute atomic E-state index is 13.1. The van der Waals surface area contributed by atoms with Crippen molar-refractivity contribution in [2.45, 2.75) is 39.0 Å². The van der Waals surface area contributed by atoms with Gasteiger partial charge in [0.25, 0.3) is 5.92 Å². The zero-order valence-corrected chi connectivity index (χ0v) is 17.0. The van der Waals surface area contributed by atoms with Crippen molar-refractivity contribution in [3.63, 3.8) is 0 Å². The van der Waals surface area contributed by atoms with Crippen LogP contribution in [0.4, 0.5) is 18.7 Å². The summed E-state index contributed by atoms with van der Waals surface area (Å²) in [6.45, 7) is 4.43. The Bertz CT molecular complexity index is 947. The molecular formula is C19H21F2N5O2S. The van der Waals surface area contributed by atoms with Gasteiger partial charge in [0.1, 0.15) is 0 Å². The second-order valence-electron chi connectivity index (χ2n) is 7.53. The SMILES string of the molecule is Cc1cnc(CCC(=O)c2sc(N3CCN(CC4CC4(F)F)C3=O)nc2C)cn1. The van der Waals surface area contributed by atoms with E-state index in [0.29, 0.717) is 35.2 Å². The van der Waals surface area contributed by atoms with Crippen LogP contribution in [0.15, 0.2) is 12.4 Å². The van der Waals surface area contributed by atoms with Crippen LogP contribution in [-0.4, -0.2) is 57.2 Å². The number of alkyl halides is 2. The fourth-order valence-corrected chi connectivity index (χ4v) is 4.38. The van der Waals surface area contributed by atoms with Gasteiger partial charge in [-0.3, -0.25) is 19.7 Å². The number of thiazole rings is 1. The summed E-state index contributed by atoms with van der Waals surface area (Å²) in [5.74, 6) is -3.45. The van der Waals surface area contributed by atoms with Gasteiger partial charge in [-0.05, 0) is 20.3 Å². The van der Waals surface area contributed by atoms with Crippen molar-refractivity contribution in [2.75, 3.05) is 24.5 Å². The summed E-state index contributed by atoms with van der Waals surface area (Å²) >= 11 is 1.18. The maximum Gasteiger partial charge on any atom is 0.326 e. The predicted molar refractivity (Wildman–Crippen MR) is 104 cm³/mol. The molecule has 0 bridgehead atoms. The first-order valence-corrected chi connectivity index (χ1v) is 10.3. The molecule has 0 spiro atoms. The number of ketones is 1. The highest BCUT2D eigenvalue weighted by atomic mass is 32.1. The molecule has 2 fully saturated rings. The molecule has 7 nitrogen and oxygen atoms in total. The van der Waals surface area contributed by atoms with Gasteiger partial charge >= 0.3 is 6.03 Å². The number of anilines is 1. The normalized spacial score (nSPS) is 20.4. The molecule has 3 heterocycles. The quantitative estimate of drug-likeness (QED) is 0.641. The number of carbonyl (C=O) groups is 2. The Morgan fingerprint density at radius 1 is 1.28 bits per heavy atom. The summed E-state index contributed by atoms with van der Waals surface area (Å²) < 4.78 is 26.3. The van der Waals surface area contributed by atoms with E-state index in [1.807, 2.05) is 6.92 Å². The fourth-order valence-electron chi connectivity index (χ4n) is 3.32. The Hall–Kier alpha value is -2.49. The van der Waals surface area contributed by atoms with Gasteiger partial charge in [0.05, 0.1) is 22.0 Å². The van der Waals surface area contributed by atoms with Crippen molar-refractivity contribution in [2.24, 2.45) is 5.92 Å². The van der Waals surface area contributed by atoms with Crippen LogP contribution in [0.3, 0.4) is 0 Å². The fraction of sp³-hybridized carbons (Fsp3) is 0.526. The molecule has 0 radical (unpaired) electrons. The molecule has 10 heteroatoms. The summed E-state index contributed by atoms with van der Waals surface area (Å²) in [6, 6.07) is -0.324. The molecule has 0 aromatic carbocycles. The highest BCUT2D eigenvalue weighted by Gasteiger charge is 2.58. The molecule has 1 aliphatic carbocycles. The molecule has 29 heavy (non-hydrogen) atoms. The van der Waals surface area contributed by atoms with E-state index in [0.717, 1.165) is 11.4 Å². The number of aryl methyl sites for hydroxylation is 3. The molecule has 2 aliphatic rings. The second kappa shape index (κ2) is 7.40. The van der Waals surface area contributed by atoms with Crippen LogP contribution in [0.5, 0.6) is 0 Å². The van der Waals surface area contributed by atoms with Crippen molar-refractivity contribution in [1.82, 2.24) is 19.9 Å². The van der Waals surface area contributed by atoms with Gasteiger partial charge in [0, 0.05) is 50.8 Å². The number of halogens is 2. The minimum absolute atomic E-state index is 0.0604. The van der Waals surface area contributed by atoms with Gasteiger partial charge in [-0.25, -0.2) is 18.6 Å². The lowest BCUT2D eigenvalue weighted by atomic mass is 10.1. The average molecular weight is 421 g/mol. The standard InChI is InChI=1S/C19H21F2N5O2S/c1-11-8-23-14(9-22-11)3-4-15(27)16-12(2)24-17(29-16)26-6-5-25(18(26)28)10-13-7-19(13,20)21/h8-9,13H,3-7,10H2,1-2H3. The van der Waals surface area contributed by atoms with Crippen molar-refractivity contribution >= 4 is 28.3 Å². The smallest absolute Gasteiger partial charge is 0.322 e. The molecule has 2 aromatic heterocycles. The van der Waals surface area contributed by atoms with E-state index in [9.17, 15) is 18.4 Å². The highest BCUT2D eigenvalue weighted by Crippen LogP contribution is 2.49. The first-order valence-electron chi connectivity index (χ1n) is 9.47. The second-order valence-corrected chi connectivity index (χ2v) is 8.50. The Labute approximate surface area is 170 Å². The number of aromatic nitrogens is 3. The number of hydrogen-bond donors (Lipinski definition) is 0. The predicted octanol–water partition coefficient (Wildman–Crippen LogP) is 3.26. The third kappa shape index (κ3) is 4.12. The van der Waals surface area contributed by atoms with Gasteiger partial charge in [0.15, 0.2) is 10.9 Å². The monoisotopic (exact) mass is 421 g/mol. The van der Waals surface area contributed by atoms with Crippen molar-refractivity contribution < 1.29 is 18.4 Å². The van der Waals surface area contributed by atoms with E-state index in [4.69, 9.17) is 0 Å². The molecule has 1 unspecified atom stereocenters. The largest absolute Gasteiger partial charge is 0.326 e. The van der Waals surface area contributed by atoms with E-state index in [-0.39, 0.29) is 31.2 Å². The number of rotatable bonds is 7. The van der Waals surface area contributed by atoms with Crippen LogP contribution >= 0.6 is 11.3 Å². The zero-order chi connectivity index (χ0) is 20.8. The molecule has 4 rings (SSSR count). The van der Waals surface area contributed by atoms with E-state index in [1.165, 1.54) is 21.1 Å². The minimum atomic E-state index is -2.65. The lowest BCUT2D eigenvalue weighted by Gasteiger charge is -2.16. The van der Waals surface area contributed by atoms with Crippen LogP contribution < -0.4 is 4.90 Å². The third-order valence-corrected chi connectivity index (χ3v) is 6.42. The molecule has 0 N–H and O–H groups in total. The summed E-state index contributed by atoms with van der Waals surface area (Å²) in [5, 5.41) is 0.441. The highest BCUT2D eigenvalue weighted by molar-refractivity contribution is 7.17. The number of hydrogen-bond acceptors (Lipinski definition) is 6. The molecule has 1 saturated carbocycles. The molecule has 154 valence electrons. The molecule has 1 aliphatic heterocycles. The number of nitrogens with zero attached hydrogens (tertiary/aromatic N) is 5. The Kier molecular flexibility index (Phi) is 5.05. The van der Waals surface area contributed by atoms with Crippen molar-refractivity contribution in [1.29, 1.82) is 0 Å². The summed E-state index contributed by atoms with van der Waals surface area (Å²) in [4.78, 5) is 41.5. The lowest BCUT2D eigenvalue weighted by molar-refractivity contribution is 0.0923. The Morgan fingerprint density at radius 3 is 2.69 bits per heavy atom. The first-order chi connectivity index (χ1) is 13.7. The van der Waals surface area contributed by atoms with Crippen LogP contribution in [0.1, 0.15) is 39.6 Å². The van der Waals surface area contributed by atoms with Gasteiger partial charge in [-0.2, -0.15) is 0 Å². The third-order valence-electron chi connectivity index (χ3n) is 5.20. The Morgan fingerprint density at radius 2 is 2.03 bits per heavy atom. The van der Waals surface area contributed by atoms with Gasteiger partial charge in [-0.1, -0.05) is 11.3 Å². The summed E-state index contributed by atoms with van der Waals surface area (Å²) in [5.41, 5.74) is 2.14. The van der Waals surface area contributed by atoms with Crippen molar-refractivity contribution in [3.05, 3.63) is 34.4 Å². The minimum Gasteiger partial charge on any atom is -0.322 e. The van der Waals surface area contributed by atoms with E-state index in [1.54, 1.807) is 19.3 Å². The van der Waals surface area contributed by atoms with Crippen LogP contribution in [-0.2, 0) is 6.42 Å². The van der Waals surface area contributed by atoms with Crippen LogP contribution in [0.25, 0.3) is 0 Å². The first kappa shape index (κ1) is 19.8. The van der Waals surface area contributed by atoms with Gasteiger partial charge in [-0.15, -0.1) is 0 Å². The zero-order valence-electron chi connectivity index (χ0n) is 16.2. The van der Waals surface area contributed by atoms with Gasteiger partial charge < -0.3 is 4.90 Å². The van der Waals surface area contributed by atoms with Crippen LogP contribution in [0, 0.1) is 19.8 Å². The molecule has 2 amide bonds. The maximum atomic E-state index is 13.1. The van der Waals surface area contributed by atoms with Crippen LogP contribution in [0.2, 0.25) is 0 Å². The molecular weight excluding hydrogens is 400 g/mol. The number of carbonyl (C=O) groups excluding carboxylic acids is 2. The number of urea groups is 1. The van der Waals surface area contributed by atoms with Gasteiger partial charge in [0.2, 0.25) is 0 Å².